The molecule has 0 fully saturated rings. The molecule has 0 saturated carbocycles. The van der Waals surface area contributed by atoms with Gasteiger partial charge in [0.15, 0.2) is 0 Å². The van der Waals surface area contributed by atoms with Gasteiger partial charge in [0.05, 0.1) is 0 Å². The summed E-state index contributed by atoms with van der Waals surface area (Å²) in [4.78, 5) is 13.7. The summed E-state index contributed by atoms with van der Waals surface area (Å²) >= 11 is 73.0. The van der Waals surface area contributed by atoms with Crippen molar-refractivity contribution in [3.63, 3.8) is 0 Å². The summed E-state index contributed by atoms with van der Waals surface area (Å²) in [6.07, 6.45) is 0. The van der Waals surface area contributed by atoms with Crippen LogP contribution < -0.4 is 0 Å². The maximum atomic E-state index is 4.56. The number of hydrogen-bond donors (Lipinski definition) is 0. The second-order valence-electron chi connectivity index (χ2n) is 9.28. The molecule has 0 aromatic heterocycles. The zero-order valence-electron chi connectivity index (χ0n) is 31.2. The monoisotopic (exact) mass is 1120 g/mol. The van der Waals surface area contributed by atoms with Gasteiger partial charge >= 0.3 is 40.5 Å². The third-order valence-corrected chi connectivity index (χ3v) is 8.76. The molecule has 0 aliphatic heterocycles. The van der Waals surface area contributed by atoms with Gasteiger partial charge in [0.25, 0.3) is 0 Å². The molecule has 0 heterocycles. The molecule has 50 heavy (non-hydrogen) atoms. The minimum Gasteiger partial charge on any atom is -0.411 e. The molecule has 8 nitrogen and oxygen atoms in total. The maximum absolute atomic E-state index is 4.56. The second kappa shape index (κ2) is 51.2. The summed E-state index contributed by atoms with van der Waals surface area (Å²) in [6, 6.07) is 0. The Balaban J connectivity index is -0.0000000455. The fourth-order valence-corrected chi connectivity index (χ4v) is 0. The predicted octanol–water partition coefficient (Wildman–Crippen LogP) is 3.03. The Morgan fingerprint density at radius 2 is 0.260 bits per heavy atom. The van der Waals surface area contributed by atoms with Crippen molar-refractivity contribution in [1.29, 1.82) is 0 Å². The Morgan fingerprint density at radius 1 is 0.240 bits per heavy atom. The Morgan fingerprint density at radius 3 is 0.260 bits per heavy atom. The molecule has 288 valence electrons. The fourth-order valence-electron chi connectivity index (χ4n) is 0. The van der Waals surface area contributed by atoms with Crippen molar-refractivity contribution < 1.29 is 40.5 Å². The molecule has 0 aliphatic rings. The first-order valence-electron chi connectivity index (χ1n) is 12.2. The summed E-state index contributed by atoms with van der Waals surface area (Å²) in [7, 11) is 29.3. The van der Waals surface area contributed by atoms with Crippen LogP contribution in [0.15, 0.2) is 0 Å². The summed E-state index contributed by atoms with van der Waals surface area (Å²) in [5.41, 5.74) is 0. The van der Waals surface area contributed by atoms with E-state index in [1.807, 2.05) is 113 Å². The zero-order valence-corrected chi connectivity index (χ0v) is 49.3. The predicted molar refractivity (Wildman–Crippen MR) is 269 cm³/mol. The zero-order chi connectivity index (χ0) is 41.2. The van der Waals surface area contributed by atoms with Crippen molar-refractivity contribution in [2.45, 2.75) is 0 Å². The Kier molecular flexibility index (Phi) is 78.7. The van der Waals surface area contributed by atoms with E-state index in [0.717, 1.165) is 0 Å². The van der Waals surface area contributed by atoms with Gasteiger partial charge in [0.1, 0.15) is 0 Å². The van der Waals surface area contributed by atoms with E-state index in [2.05, 4.69) is 199 Å². The van der Waals surface area contributed by atoms with Crippen molar-refractivity contribution in [1.82, 2.24) is 39.2 Å². The molecule has 26 heteroatoms. The molecule has 0 radical (unpaired) electrons. The first-order valence-corrected chi connectivity index (χ1v) is 18.7. The molecule has 0 atom stereocenters. The van der Waals surface area contributed by atoms with Crippen LogP contribution in [0.2, 0.25) is 0 Å². The molecule has 0 amide bonds. The van der Waals surface area contributed by atoms with Gasteiger partial charge in [-0.15, -0.1) is 0 Å². The molecular weight excluding hydrogens is 1070 g/mol. The molecule has 0 bridgehead atoms. The average Bonchev–Trinajstić information content (AvgIpc) is 2.90. The molecule has 0 aromatic rings. The van der Waals surface area contributed by atoms with Gasteiger partial charge in [-0.1, -0.05) is 34.6 Å². The molecule has 0 aliphatic carbocycles. The van der Waals surface area contributed by atoms with Gasteiger partial charge in [-0.2, -0.15) is 0 Å². The van der Waals surface area contributed by atoms with Crippen LogP contribution in [-0.2, 0) is 142 Å². The number of nitrogens with zero attached hydrogens (tertiary/aromatic N) is 8. The van der Waals surface area contributed by atoms with Crippen molar-refractivity contribution in [2.75, 3.05) is 113 Å². The summed E-state index contributed by atoms with van der Waals surface area (Å²) in [5.74, 6) is 0. The van der Waals surface area contributed by atoms with Crippen LogP contribution in [0, 0.1) is 0 Å². The van der Waals surface area contributed by atoms with Crippen LogP contribution in [0.3, 0.4) is 0 Å². The third-order valence-electron chi connectivity index (χ3n) is 2.92. The average molecular weight is 1120 g/mol. The molecule has 0 unspecified atom stereocenters. The molecule has 0 aromatic carbocycles. The van der Waals surface area contributed by atoms with Crippen LogP contribution in [-0.4, -0.2) is 187 Å². The minimum absolute atomic E-state index is 0. The maximum Gasteiger partial charge on any atom is 6.00 e. The Labute approximate surface area is 420 Å². The number of rotatable bonds is 0. The van der Waals surface area contributed by atoms with E-state index in [1.165, 1.54) is 0 Å². The van der Waals surface area contributed by atoms with E-state index < -0.39 is 0 Å². The molecular formula is C24H48MoN8S16Zn. The number of hydrogen-bond acceptors (Lipinski definition) is 16. The van der Waals surface area contributed by atoms with E-state index in [9.17, 15) is 0 Å². The van der Waals surface area contributed by atoms with Gasteiger partial charge in [0, 0.05) is 113 Å². The molecule has 0 N–H and O–H groups in total. The van der Waals surface area contributed by atoms with Crippen LogP contribution in [0.5, 0.6) is 0 Å². The van der Waals surface area contributed by atoms with E-state index in [4.69, 9.17) is 0 Å². The first kappa shape index (κ1) is 76.8. The standard InChI is InChI=1S/8C3H7NS2.Mo.Zn/c8*1-4(2)3(5)6;;/h8*1-2H3,(H,5,6);;/q;;;;;;;;+6;+2/p-8. The van der Waals surface area contributed by atoms with Gasteiger partial charge in [-0.25, -0.2) is 0 Å². The molecule has 0 saturated heterocycles. The third kappa shape index (κ3) is 104. The minimum atomic E-state index is 0. The summed E-state index contributed by atoms with van der Waals surface area (Å²) in [6.45, 7) is 0. The SMILES string of the molecule is CN(C)C(=S)[S-].CN(C)C(=S)[S-].CN(C)C(=S)[S-].CN(C)C(=S)[S-].CN(C)C(=S)[S-].CN(C)C(=S)[S-].CN(C)C(=S)[S-].CN(C)C(=S)[S-].[Mo+6].[Zn+2]. The van der Waals surface area contributed by atoms with Crippen LogP contribution in [0.1, 0.15) is 0 Å². The van der Waals surface area contributed by atoms with E-state index in [-0.39, 0.29) is 40.5 Å². The Hall–Kier alpha value is 2.19. The van der Waals surface area contributed by atoms with Crippen LogP contribution >= 0.6 is 97.7 Å². The largest absolute Gasteiger partial charge is 6.00 e. The fraction of sp³-hybridized carbons (Fsp3) is 0.667. The summed E-state index contributed by atoms with van der Waals surface area (Å²) in [5, 5.41) is 0. The molecule has 0 rings (SSSR count). The van der Waals surface area contributed by atoms with Crippen molar-refractivity contribution in [3.05, 3.63) is 0 Å². The first-order chi connectivity index (χ1) is 21.1. The normalized spacial score (nSPS) is 7.36. The van der Waals surface area contributed by atoms with Crippen molar-refractivity contribution in [3.8, 4) is 0 Å². The Bertz CT molecular complexity index is 709. The van der Waals surface area contributed by atoms with E-state index >= 15 is 0 Å². The molecule has 0 spiro atoms. The topological polar surface area (TPSA) is 25.9 Å². The summed E-state index contributed by atoms with van der Waals surface area (Å²) < 4.78 is 4.07. The van der Waals surface area contributed by atoms with Gasteiger partial charge in [0.2, 0.25) is 0 Å². The van der Waals surface area contributed by atoms with Gasteiger partial charge in [-0.3, -0.25) is 0 Å². The van der Waals surface area contributed by atoms with E-state index in [0.29, 0.717) is 34.6 Å². The van der Waals surface area contributed by atoms with Gasteiger partial charge in [-0.05, 0) is 0 Å². The van der Waals surface area contributed by atoms with Crippen LogP contribution in [0.4, 0.5) is 0 Å². The van der Waals surface area contributed by atoms with E-state index in [1.54, 1.807) is 39.2 Å². The smallest absolute Gasteiger partial charge is 0.411 e. The van der Waals surface area contributed by atoms with Gasteiger partial charge < -0.3 is 238 Å². The van der Waals surface area contributed by atoms with Crippen molar-refractivity contribution >= 4 is 233 Å². The van der Waals surface area contributed by atoms with Crippen molar-refractivity contribution in [2.24, 2.45) is 0 Å². The quantitative estimate of drug-likeness (QED) is 0.202. The number of thiocarbonyl (C=S) groups is 8. The van der Waals surface area contributed by atoms with Crippen LogP contribution in [0.25, 0.3) is 0 Å². The second-order valence-corrected chi connectivity index (χ2v) is 17.5.